The van der Waals surface area contributed by atoms with Crippen LogP contribution in [0.1, 0.15) is 12.8 Å². The Balaban J connectivity index is 2.06. The molecule has 0 aliphatic carbocycles. The summed E-state index contributed by atoms with van der Waals surface area (Å²) in [6.07, 6.45) is -5.24. The molecule has 2 aliphatic heterocycles. The number of methoxy groups -OCH3 is 1. The van der Waals surface area contributed by atoms with Crippen LogP contribution < -0.4 is 0 Å². The third kappa shape index (κ3) is 2.48. The third-order valence-corrected chi connectivity index (χ3v) is 6.03. The lowest BCUT2D eigenvalue weighted by molar-refractivity contribution is -0.280. The number of piperidine rings is 1. The molecule has 0 unspecified atom stereocenters. The molecular formula is C10H16F3NO4S. The molecule has 0 saturated carbocycles. The van der Waals surface area contributed by atoms with Crippen LogP contribution in [0.15, 0.2) is 0 Å². The molecule has 0 atom stereocenters. The standard InChI is InChI=1S/C10H16F3NO4S/c1-17-9(10(11,12)13)2-4-14(5-3-9)19(15,16)8-6-18-7-8/h8H,2-7H2,1H3. The molecule has 5 nitrogen and oxygen atoms in total. The van der Waals surface area contributed by atoms with Crippen molar-refractivity contribution in [2.45, 2.75) is 29.9 Å². The molecule has 0 N–H and O–H groups in total. The number of sulfonamides is 1. The zero-order valence-electron chi connectivity index (χ0n) is 10.4. The maximum Gasteiger partial charge on any atom is 0.417 e. The second-order valence-corrected chi connectivity index (χ2v) is 7.01. The number of alkyl halides is 3. The molecule has 2 rings (SSSR count). The summed E-state index contributed by atoms with van der Waals surface area (Å²) in [6, 6.07) is 0. The minimum absolute atomic E-state index is 0.119. The number of hydrogen-bond acceptors (Lipinski definition) is 4. The van der Waals surface area contributed by atoms with Crippen LogP contribution in [0.3, 0.4) is 0 Å². The van der Waals surface area contributed by atoms with Gasteiger partial charge in [-0.25, -0.2) is 12.7 Å². The predicted molar refractivity (Wildman–Crippen MR) is 60.1 cm³/mol. The highest BCUT2D eigenvalue weighted by atomic mass is 32.2. The van der Waals surface area contributed by atoms with Crippen molar-refractivity contribution in [3.05, 3.63) is 0 Å². The highest BCUT2D eigenvalue weighted by Crippen LogP contribution is 2.41. The lowest BCUT2D eigenvalue weighted by Crippen LogP contribution is -2.58. The first-order chi connectivity index (χ1) is 8.73. The maximum atomic E-state index is 12.9. The molecule has 9 heteroatoms. The Hall–Kier alpha value is -0.380. The van der Waals surface area contributed by atoms with Crippen LogP contribution in [-0.2, 0) is 19.5 Å². The quantitative estimate of drug-likeness (QED) is 0.772. The van der Waals surface area contributed by atoms with E-state index >= 15 is 0 Å². The van der Waals surface area contributed by atoms with Gasteiger partial charge in [0.05, 0.1) is 13.2 Å². The molecule has 0 amide bonds. The van der Waals surface area contributed by atoms with E-state index in [-0.39, 0.29) is 39.1 Å². The zero-order chi connectivity index (χ0) is 14.3. The average Bonchev–Trinajstić information content (AvgIpc) is 2.24. The summed E-state index contributed by atoms with van der Waals surface area (Å²) in [7, 11) is -2.53. The molecule has 0 aromatic rings. The summed E-state index contributed by atoms with van der Waals surface area (Å²) in [4.78, 5) is 0. The van der Waals surface area contributed by atoms with Gasteiger partial charge in [-0.15, -0.1) is 0 Å². The van der Waals surface area contributed by atoms with E-state index in [0.717, 1.165) is 11.4 Å². The lowest BCUT2D eigenvalue weighted by Gasteiger charge is -2.42. The zero-order valence-corrected chi connectivity index (χ0v) is 11.3. The number of ether oxygens (including phenoxy) is 2. The molecule has 0 aromatic carbocycles. The predicted octanol–water partition coefficient (Wildman–Crippen LogP) is 0.758. The van der Waals surface area contributed by atoms with Crippen molar-refractivity contribution < 1.29 is 31.1 Å². The molecule has 112 valence electrons. The summed E-state index contributed by atoms with van der Waals surface area (Å²) in [6.45, 7) is -0.112. The molecular weight excluding hydrogens is 287 g/mol. The van der Waals surface area contributed by atoms with E-state index in [1.165, 1.54) is 0 Å². The molecule has 0 spiro atoms. The van der Waals surface area contributed by atoms with E-state index in [1.54, 1.807) is 0 Å². The van der Waals surface area contributed by atoms with Gasteiger partial charge in [-0.05, 0) is 12.8 Å². The number of hydrogen-bond donors (Lipinski definition) is 0. The van der Waals surface area contributed by atoms with Gasteiger partial charge in [0.15, 0.2) is 5.60 Å². The number of halogens is 3. The first kappa shape index (κ1) is 15.0. The smallest absolute Gasteiger partial charge is 0.378 e. The van der Waals surface area contributed by atoms with Crippen LogP contribution in [0.25, 0.3) is 0 Å². The number of rotatable bonds is 3. The Morgan fingerprint density at radius 1 is 1.26 bits per heavy atom. The molecule has 2 heterocycles. The van der Waals surface area contributed by atoms with Crippen molar-refractivity contribution in [2.24, 2.45) is 0 Å². The molecule has 2 aliphatic rings. The largest absolute Gasteiger partial charge is 0.417 e. The number of nitrogens with zero attached hydrogens (tertiary/aromatic N) is 1. The van der Waals surface area contributed by atoms with Gasteiger partial charge in [-0.1, -0.05) is 0 Å². The monoisotopic (exact) mass is 303 g/mol. The molecule has 2 fully saturated rings. The van der Waals surface area contributed by atoms with Gasteiger partial charge in [-0.3, -0.25) is 0 Å². The SMILES string of the molecule is COC1(C(F)(F)F)CCN(S(=O)(=O)C2COC2)CC1. The first-order valence-electron chi connectivity index (χ1n) is 5.91. The minimum atomic E-state index is -4.49. The van der Waals surface area contributed by atoms with Gasteiger partial charge >= 0.3 is 6.18 Å². The summed E-state index contributed by atoms with van der Waals surface area (Å²) in [5, 5.41) is -0.617. The fourth-order valence-electron chi connectivity index (χ4n) is 2.30. The van der Waals surface area contributed by atoms with Crippen LogP contribution in [0.2, 0.25) is 0 Å². The van der Waals surface area contributed by atoms with E-state index in [0.29, 0.717) is 0 Å². The van der Waals surface area contributed by atoms with Crippen LogP contribution in [0, 0.1) is 0 Å². The van der Waals surface area contributed by atoms with E-state index in [2.05, 4.69) is 4.74 Å². The van der Waals surface area contributed by atoms with Crippen molar-refractivity contribution in [1.29, 1.82) is 0 Å². The lowest BCUT2D eigenvalue weighted by atomic mass is 9.91. The molecule has 19 heavy (non-hydrogen) atoms. The summed E-state index contributed by atoms with van der Waals surface area (Å²) < 4.78 is 73.5. The molecule has 2 saturated heterocycles. The van der Waals surface area contributed by atoms with E-state index in [1.807, 2.05) is 0 Å². The minimum Gasteiger partial charge on any atom is -0.378 e. The van der Waals surface area contributed by atoms with Crippen LogP contribution in [0.5, 0.6) is 0 Å². The van der Waals surface area contributed by atoms with E-state index < -0.39 is 27.1 Å². The van der Waals surface area contributed by atoms with Crippen molar-refractivity contribution in [2.75, 3.05) is 33.4 Å². The molecule has 0 aromatic heterocycles. The van der Waals surface area contributed by atoms with Gasteiger partial charge in [0, 0.05) is 20.2 Å². The van der Waals surface area contributed by atoms with Crippen molar-refractivity contribution in [3.8, 4) is 0 Å². The second kappa shape index (κ2) is 4.87. The summed E-state index contributed by atoms with van der Waals surface area (Å²) in [5.74, 6) is 0. The summed E-state index contributed by atoms with van der Waals surface area (Å²) in [5.41, 5.74) is -2.23. The molecule has 0 bridgehead atoms. The Labute approximate surface area is 109 Å². The van der Waals surface area contributed by atoms with Crippen LogP contribution >= 0.6 is 0 Å². The Bertz CT molecular complexity index is 425. The van der Waals surface area contributed by atoms with Gasteiger partial charge in [0.25, 0.3) is 0 Å². The average molecular weight is 303 g/mol. The Kier molecular flexibility index (Phi) is 3.85. The van der Waals surface area contributed by atoms with Gasteiger partial charge < -0.3 is 9.47 Å². The summed E-state index contributed by atoms with van der Waals surface area (Å²) >= 11 is 0. The Morgan fingerprint density at radius 2 is 1.79 bits per heavy atom. The van der Waals surface area contributed by atoms with Gasteiger partial charge in [0.2, 0.25) is 10.0 Å². The van der Waals surface area contributed by atoms with Gasteiger partial charge in [0.1, 0.15) is 5.25 Å². The molecule has 0 radical (unpaired) electrons. The Morgan fingerprint density at radius 3 is 2.11 bits per heavy atom. The highest BCUT2D eigenvalue weighted by molar-refractivity contribution is 7.89. The topological polar surface area (TPSA) is 55.8 Å². The van der Waals surface area contributed by atoms with Gasteiger partial charge in [-0.2, -0.15) is 13.2 Å². The second-order valence-electron chi connectivity index (χ2n) is 4.80. The normalized spacial score (nSPS) is 26.1. The fourth-order valence-corrected chi connectivity index (χ4v) is 3.95. The van der Waals surface area contributed by atoms with E-state index in [9.17, 15) is 21.6 Å². The van der Waals surface area contributed by atoms with Crippen molar-refractivity contribution in [1.82, 2.24) is 4.31 Å². The van der Waals surface area contributed by atoms with Crippen molar-refractivity contribution >= 4 is 10.0 Å². The third-order valence-electron chi connectivity index (χ3n) is 3.83. The maximum absolute atomic E-state index is 12.9. The van der Waals surface area contributed by atoms with Crippen LogP contribution in [-0.4, -0.2) is 63.2 Å². The van der Waals surface area contributed by atoms with Crippen LogP contribution in [0.4, 0.5) is 13.2 Å². The first-order valence-corrected chi connectivity index (χ1v) is 7.42. The van der Waals surface area contributed by atoms with Crippen molar-refractivity contribution in [3.63, 3.8) is 0 Å². The van der Waals surface area contributed by atoms with E-state index in [4.69, 9.17) is 4.74 Å². The highest BCUT2D eigenvalue weighted by Gasteiger charge is 2.57. The fraction of sp³-hybridized carbons (Fsp3) is 1.00.